The molecule has 0 spiro atoms. The molecule has 0 heterocycles. The molecule has 142 valence electrons. The third-order valence-corrected chi connectivity index (χ3v) is 4.44. The molecule has 2 rings (SSSR count). The van der Waals surface area contributed by atoms with Crippen molar-refractivity contribution in [2.75, 3.05) is 12.4 Å². The van der Waals surface area contributed by atoms with Crippen molar-refractivity contribution in [3.8, 4) is 0 Å². The van der Waals surface area contributed by atoms with E-state index in [1.54, 1.807) is 36.4 Å². The SMILES string of the molecule is COC(=O)c1cccc(NC(=O)C(C)(C)C(=O)NCc2ccccc2Cl)c1. The van der Waals surface area contributed by atoms with E-state index in [0.717, 1.165) is 5.56 Å². The molecule has 0 saturated heterocycles. The van der Waals surface area contributed by atoms with Gasteiger partial charge >= 0.3 is 5.97 Å². The minimum atomic E-state index is -1.33. The molecule has 2 amide bonds. The number of carbonyl (C=O) groups is 3. The van der Waals surface area contributed by atoms with Crippen molar-refractivity contribution < 1.29 is 19.1 Å². The van der Waals surface area contributed by atoms with Gasteiger partial charge in [-0.15, -0.1) is 0 Å². The molecule has 0 aromatic heterocycles. The molecule has 6 nitrogen and oxygen atoms in total. The highest BCUT2D eigenvalue weighted by atomic mass is 35.5. The van der Waals surface area contributed by atoms with Crippen LogP contribution in [0.1, 0.15) is 29.8 Å². The first-order valence-electron chi connectivity index (χ1n) is 8.27. The summed E-state index contributed by atoms with van der Waals surface area (Å²) in [4.78, 5) is 36.7. The van der Waals surface area contributed by atoms with Crippen LogP contribution in [0.5, 0.6) is 0 Å². The lowest BCUT2D eigenvalue weighted by molar-refractivity contribution is -0.138. The Morgan fingerprint density at radius 1 is 1.04 bits per heavy atom. The average Bonchev–Trinajstić information content (AvgIpc) is 2.66. The van der Waals surface area contributed by atoms with Crippen LogP contribution < -0.4 is 10.6 Å². The lowest BCUT2D eigenvalue weighted by Crippen LogP contribution is -2.44. The second-order valence-electron chi connectivity index (χ2n) is 6.43. The quantitative estimate of drug-likeness (QED) is 0.586. The number of hydrogen-bond acceptors (Lipinski definition) is 4. The Labute approximate surface area is 162 Å². The summed E-state index contributed by atoms with van der Waals surface area (Å²) in [6.07, 6.45) is 0. The van der Waals surface area contributed by atoms with Crippen molar-refractivity contribution in [1.82, 2.24) is 5.32 Å². The summed E-state index contributed by atoms with van der Waals surface area (Å²) < 4.78 is 4.66. The van der Waals surface area contributed by atoms with E-state index in [4.69, 9.17) is 11.6 Å². The number of ether oxygens (including phenoxy) is 1. The fourth-order valence-corrected chi connectivity index (χ4v) is 2.47. The molecule has 0 aliphatic rings. The molecule has 0 bridgehead atoms. The number of carbonyl (C=O) groups excluding carboxylic acids is 3. The summed E-state index contributed by atoms with van der Waals surface area (Å²) in [6.45, 7) is 3.26. The van der Waals surface area contributed by atoms with Gasteiger partial charge in [0.25, 0.3) is 0 Å². The number of rotatable bonds is 6. The van der Waals surface area contributed by atoms with Crippen LogP contribution in [0.3, 0.4) is 0 Å². The number of halogens is 1. The van der Waals surface area contributed by atoms with Crippen molar-refractivity contribution >= 4 is 35.1 Å². The molecule has 0 fully saturated rings. The second kappa shape index (κ2) is 8.68. The van der Waals surface area contributed by atoms with Gasteiger partial charge in [-0.2, -0.15) is 0 Å². The summed E-state index contributed by atoms with van der Waals surface area (Å²) in [7, 11) is 1.28. The van der Waals surface area contributed by atoms with Crippen LogP contribution in [0.4, 0.5) is 5.69 Å². The van der Waals surface area contributed by atoms with E-state index in [1.165, 1.54) is 27.0 Å². The van der Waals surface area contributed by atoms with Gasteiger partial charge in [0.15, 0.2) is 0 Å². The molecule has 7 heteroatoms. The van der Waals surface area contributed by atoms with Crippen molar-refractivity contribution in [2.24, 2.45) is 5.41 Å². The zero-order chi connectivity index (χ0) is 20.0. The third-order valence-electron chi connectivity index (χ3n) is 4.07. The van der Waals surface area contributed by atoms with Crippen LogP contribution >= 0.6 is 11.6 Å². The topological polar surface area (TPSA) is 84.5 Å². The summed E-state index contributed by atoms with van der Waals surface area (Å²) >= 11 is 6.08. The Morgan fingerprint density at radius 3 is 2.41 bits per heavy atom. The van der Waals surface area contributed by atoms with E-state index in [2.05, 4.69) is 15.4 Å². The van der Waals surface area contributed by atoms with Gasteiger partial charge in [0.05, 0.1) is 12.7 Å². The Hall–Kier alpha value is -2.86. The van der Waals surface area contributed by atoms with Gasteiger partial charge in [0.1, 0.15) is 5.41 Å². The molecule has 0 saturated carbocycles. The standard InChI is InChI=1S/C20H21ClN2O4/c1-20(2,18(25)22-12-14-7-4-5-10-16(14)21)19(26)23-15-9-6-8-13(11-15)17(24)27-3/h4-11H,12H2,1-3H3,(H,22,25)(H,23,26). The van der Waals surface area contributed by atoms with E-state index in [1.807, 2.05) is 6.07 Å². The molecule has 0 atom stereocenters. The summed E-state index contributed by atoms with van der Waals surface area (Å²) in [5, 5.41) is 5.93. The zero-order valence-corrected chi connectivity index (χ0v) is 16.1. The van der Waals surface area contributed by atoms with Gasteiger partial charge in [-0.05, 0) is 43.7 Å². The van der Waals surface area contributed by atoms with Gasteiger partial charge < -0.3 is 15.4 Å². The van der Waals surface area contributed by atoms with Crippen LogP contribution in [0, 0.1) is 5.41 Å². The molecular formula is C20H21ClN2O4. The fourth-order valence-electron chi connectivity index (χ4n) is 2.27. The van der Waals surface area contributed by atoms with E-state index in [-0.39, 0.29) is 6.54 Å². The maximum Gasteiger partial charge on any atom is 0.337 e. The van der Waals surface area contributed by atoms with Gasteiger partial charge in [-0.25, -0.2) is 4.79 Å². The lowest BCUT2D eigenvalue weighted by atomic mass is 9.90. The molecule has 2 aromatic carbocycles. The molecule has 0 aliphatic heterocycles. The van der Waals surface area contributed by atoms with Crippen molar-refractivity contribution in [3.63, 3.8) is 0 Å². The van der Waals surface area contributed by atoms with Crippen LogP contribution in [-0.4, -0.2) is 24.9 Å². The summed E-state index contributed by atoms with van der Waals surface area (Å²) in [5.41, 5.74) is 0.128. The highest BCUT2D eigenvalue weighted by molar-refractivity contribution is 6.31. The third kappa shape index (κ3) is 5.08. The molecular weight excluding hydrogens is 368 g/mol. The van der Waals surface area contributed by atoms with E-state index >= 15 is 0 Å². The molecule has 2 N–H and O–H groups in total. The number of amides is 2. The number of esters is 1. The minimum Gasteiger partial charge on any atom is -0.465 e. The Morgan fingerprint density at radius 2 is 1.74 bits per heavy atom. The van der Waals surface area contributed by atoms with E-state index in [0.29, 0.717) is 16.3 Å². The number of nitrogens with one attached hydrogen (secondary N) is 2. The predicted octanol–water partition coefficient (Wildman–Crippen LogP) is 3.41. The lowest BCUT2D eigenvalue weighted by Gasteiger charge is -2.23. The van der Waals surface area contributed by atoms with E-state index in [9.17, 15) is 14.4 Å². The van der Waals surface area contributed by atoms with Gasteiger partial charge in [-0.1, -0.05) is 35.9 Å². The van der Waals surface area contributed by atoms with E-state index < -0.39 is 23.2 Å². The Balaban J connectivity index is 2.04. The largest absolute Gasteiger partial charge is 0.465 e. The molecule has 0 aliphatic carbocycles. The summed E-state index contributed by atoms with van der Waals surface area (Å²) in [5.74, 6) is -1.45. The first-order valence-corrected chi connectivity index (χ1v) is 8.65. The van der Waals surface area contributed by atoms with Crippen molar-refractivity contribution in [2.45, 2.75) is 20.4 Å². The monoisotopic (exact) mass is 388 g/mol. The maximum absolute atomic E-state index is 12.6. The van der Waals surface area contributed by atoms with Crippen LogP contribution in [-0.2, 0) is 20.9 Å². The fraction of sp³-hybridized carbons (Fsp3) is 0.250. The molecule has 0 unspecified atom stereocenters. The zero-order valence-electron chi connectivity index (χ0n) is 15.3. The first kappa shape index (κ1) is 20.5. The van der Waals surface area contributed by atoms with Crippen molar-refractivity contribution in [3.05, 3.63) is 64.7 Å². The number of hydrogen-bond donors (Lipinski definition) is 2. The number of anilines is 1. The first-order chi connectivity index (χ1) is 12.8. The highest BCUT2D eigenvalue weighted by Crippen LogP contribution is 2.21. The van der Waals surface area contributed by atoms with Crippen LogP contribution in [0.25, 0.3) is 0 Å². The molecule has 2 aromatic rings. The average molecular weight is 389 g/mol. The predicted molar refractivity (Wildman–Crippen MR) is 103 cm³/mol. The Bertz CT molecular complexity index is 865. The van der Waals surface area contributed by atoms with Gasteiger partial charge in [-0.3, -0.25) is 9.59 Å². The van der Waals surface area contributed by atoms with Gasteiger partial charge in [0.2, 0.25) is 11.8 Å². The Kier molecular flexibility index (Phi) is 6.58. The highest BCUT2D eigenvalue weighted by Gasteiger charge is 2.36. The smallest absolute Gasteiger partial charge is 0.337 e. The maximum atomic E-state index is 12.6. The normalized spacial score (nSPS) is 10.8. The molecule has 0 radical (unpaired) electrons. The van der Waals surface area contributed by atoms with Crippen molar-refractivity contribution in [1.29, 1.82) is 0 Å². The van der Waals surface area contributed by atoms with Crippen LogP contribution in [0.15, 0.2) is 48.5 Å². The molecule has 27 heavy (non-hydrogen) atoms. The van der Waals surface area contributed by atoms with Crippen LogP contribution in [0.2, 0.25) is 5.02 Å². The van der Waals surface area contributed by atoms with Gasteiger partial charge in [0, 0.05) is 17.3 Å². The second-order valence-corrected chi connectivity index (χ2v) is 6.83. The minimum absolute atomic E-state index is 0.215. The number of benzene rings is 2. The summed E-state index contributed by atoms with van der Waals surface area (Å²) in [6, 6.07) is 13.5. The number of methoxy groups -OCH3 is 1.